The lowest BCUT2D eigenvalue weighted by atomic mass is 9.87. The van der Waals surface area contributed by atoms with E-state index in [4.69, 9.17) is 16.6 Å². The van der Waals surface area contributed by atoms with E-state index in [1.807, 2.05) is 47.9 Å². The van der Waals surface area contributed by atoms with Crippen LogP contribution in [0.4, 0.5) is 5.69 Å². The number of carbonyl (C=O) groups is 1. The molecule has 0 aliphatic heterocycles. The standard InChI is InChI=1S/C26H26ClN3O/c1-17-9-14-20(15-21(17)27)28-24(31)16-30-23-8-6-5-7-22(23)29-25(30)18-10-12-19(13-11-18)26(2,3)4/h5-15H,16H2,1-4H3,(H,28,31). The fourth-order valence-electron chi connectivity index (χ4n) is 3.59. The van der Waals surface area contributed by atoms with Gasteiger partial charge >= 0.3 is 0 Å². The first-order valence-electron chi connectivity index (χ1n) is 10.3. The SMILES string of the molecule is Cc1ccc(NC(=O)Cn2c(-c3ccc(C(C)(C)C)cc3)nc3ccccc32)cc1Cl. The lowest BCUT2D eigenvalue weighted by Gasteiger charge is -2.19. The smallest absolute Gasteiger partial charge is 0.244 e. The number of aryl methyl sites for hydroxylation is 1. The van der Waals surface area contributed by atoms with Gasteiger partial charge in [-0.25, -0.2) is 4.98 Å². The molecule has 3 aromatic carbocycles. The van der Waals surface area contributed by atoms with E-state index >= 15 is 0 Å². The summed E-state index contributed by atoms with van der Waals surface area (Å²) in [6.07, 6.45) is 0. The first-order valence-corrected chi connectivity index (χ1v) is 10.7. The molecule has 0 atom stereocenters. The Kier molecular flexibility index (Phi) is 5.59. The number of para-hydroxylation sites is 2. The summed E-state index contributed by atoms with van der Waals surface area (Å²) in [4.78, 5) is 17.7. The summed E-state index contributed by atoms with van der Waals surface area (Å²) < 4.78 is 1.96. The third-order valence-electron chi connectivity index (χ3n) is 5.42. The number of fused-ring (bicyclic) bond motifs is 1. The zero-order chi connectivity index (χ0) is 22.2. The predicted octanol–water partition coefficient (Wildman–Crippen LogP) is 6.60. The van der Waals surface area contributed by atoms with Crippen LogP contribution in [0, 0.1) is 6.92 Å². The zero-order valence-corrected chi connectivity index (χ0v) is 19.0. The molecule has 0 fully saturated rings. The maximum Gasteiger partial charge on any atom is 0.244 e. The highest BCUT2D eigenvalue weighted by molar-refractivity contribution is 6.31. The molecule has 0 saturated carbocycles. The van der Waals surface area contributed by atoms with Crippen LogP contribution >= 0.6 is 11.6 Å². The molecule has 1 N–H and O–H groups in total. The highest BCUT2D eigenvalue weighted by Gasteiger charge is 2.17. The van der Waals surface area contributed by atoms with E-state index in [1.54, 1.807) is 6.07 Å². The second-order valence-corrected chi connectivity index (χ2v) is 9.26. The molecule has 1 aromatic heterocycles. The van der Waals surface area contributed by atoms with Gasteiger partial charge in [-0.15, -0.1) is 0 Å². The zero-order valence-electron chi connectivity index (χ0n) is 18.2. The molecule has 4 aromatic rings. The van der Waals surface area contributed by atoms with E-state index < -0.39 is 0 Å². The van der Waals surface area contributed by atoms with Crippen LogP contribution in [0.25, 0.3) is 22.4 Å². The Labute approximate surface area is 187 Å². The maximum atomic E-state index is 12.9. The van der Waals surface area contributed by atoms with Crippen LogP contribution < -0.4 is 5.32 Å². The summed E-state index contributed by atoms with van der Waals surface area (Å²) in [6.45, 7) is 8.67. The van der Waals surface area contributed by atoms with Gasteiger partial charge in [-0.1, -0.05) is 74.8 Å². The van der Waals surface area contributed by atoms with Crippen molar-refractivity contribution < 1.29 is 4.79 Å². The second kappa shape index (κ2) is 8.20. The molecule has 0 aliphatic rings. The molecule has 1 heterocycles. The van der Waals surface area contributed by atoms with Crippen LogP contribution in [0.5, 0.6) is 0 Å². The number of benzene rings is 3. The van der Waals surface area contributed by atoms with Gasteiger partial charge in [0.1, 0.15) is 12.4 Å². The first-order chi connectivity index (χ1) is 14.7. The number of anilines is 1. The van der Waals surface area contributed by atoms with E-state index in [1.165, 1.54) is 5.56 Å². The number of hydrogen-bond acceptors (Lipinski definition) is 2. The van der Waals surface area contributed by atoms with Gasteiger partial charge in [-0.05, 0) is 47.7 Å². The summed E-state index contributed by atoms with van der Waals surface area (Å²) in [5, 5.41) is 3.58. The van der Waals surface area contributed by atoms with Gasteiger partial charge in [-0.3, -0.25) is 4.79 Å². The first kappa shape index (κ1) is 21.1. The third-order valence-corrected chi connectivity index (χ3v) is 5.83. The molecular weight excluding hydrogens is 406 g/mol. The largest absolute Gasteiger partial charge is 0.324 e. The van der Waals surface area contributed by atoms with Gasteiger partial charge < -0.3 is 9.88 Å². The Bertz CT molecular complexity index is 1250. The molecule has 31 heavy (non-hydrogen) atoms. The fourth-order valence-corrected chi connectivity index (χ4v) is 3.77. The van der Waals surface area contributed by atoms with Crippen LogP contribution in [0.2, 0.25) is 5.02 Å². The molecule has 5 heteroatoms. The molecule has 158 valence electrons. The lowest BCUT2D eigenvalue weighted by molar-refractivity contribution is -0.116. The summed E-state index contributed by atoms with van der Waals surface area (Å²) in [7, 11) is 0. The van der Waals surface area contributed by atoms with Gasteiger partial charge in [0.15, 0.2) is 0 Å². The number of hydrogen-bond donors (Lipinski definition) is 1. The van der Waals surface area contributed by atoms with Crippen molar-refractivity contribution in [3.63, 3.8) is 0 Å². The van der Waals surface area contributed by atoms with Crippen LogP contribution in [0.1, 0.15) is 31.9 Å². The molecule has 1 amide bonds. The Morgan fingerprint density at radius 2 is 1.74 bits per heavy atom. The number of imidazole rings is 1. The van der Waals surface area contributed by atoms with E-state index in [2.05, 4.69) is 50.4 Å². The van der Waals surface area contributed by atoms with Crippen LogP contribution in [0.3, 0.4) is 0 Å². The summed E-state index contributed by atoms with van der Waals surface area (Å²) in [5.41, 5.74) is 5.76. The van der Waals surface area contributed by atoms with E-state index in [-0.39, 0.29) is 17.9 Å². The summed E-state index contributed by atoms with van der Waals surface area (Å²) in [5.74, 6) is 0.648. The van der Waals surface area contributed by atoms with Crippen LogP contribution in [-0.2, 0) is 16.8 Å². The van der Waals surface area contributed by atoms with Crippen molar-refractivity contribution in [3.8, 4) is 11.4 Å². The number of aromatic nitrogens is 2. The topological polar surface area (TPSA) is 46.9 Å². The molecule has 0 radical (unpaired) electrons. The van der Waals surface area contributed by atoms with Crippen LogP contribution in [-0.4, -0.2) is 15.5 Å². The molecule has 4 rings (SSSR count). The fraction of sp³-hybridized carbons (Fsp3) is 0.231. The maximum absolute atomic E-state index is 12.9. The average Bonchev–Trinajstić information content (AvgIpc) is 3.08. The summed E-state index contributed by atoms with van der Waals surface area (Å²) in [6, 6.07) is 21.8. The van der Waals surface area contributed by atoms with Gasteiger partial charge in [0.2, 0.25) is 5.91 Å². The Morgan fingerprint density at radius 3 is 2.42 bits per heavy atom. The molecule has 0 spiro atoms. The van der Waals surface area contributed by atoms with Gasteiger partial charge in [0, 0.05) is 16.3 Å². The minimum Gasteiger partial charge on any atom is -0.324 e. The second-order valence-electron chi connectivity index (χ2n) is 8.85. The number of nitrogens with one attached hydrogen (secondary N) is 1. The molecule has 0 bridgehead atoms. The van der Waals surface area contributed by atoms with Crippen molar-refractivity contribution in [1.82, 2.24) is 9.55 Å². The molecule has 0 unspecified atom stereocenters. The number of rotatable bonds is 4. The Hall–Kier alpha value is -3.11. The number of carbonyl (C=O) groups excluding carboxylic acids is 1. The van der Waals surface area contributed by atoms with Crippen LogP contribution in [0.15, 0.2) is 66.7 Å². The van der Waals surface area contributed by atoms with E-state index in [0.29, 0.717) is 10.7 Å². The minimum atomic E-state index is -0.129. The molecule has 0 aliphatic carbocycles. The third kappa shape index (κ3) is 4.49. The van der Waals surface area contributed by atoms with Crippen molar-refractivity contribution >= 4 is 34.2 Å². The lowest BCUT2D eigenvalue weighted by Crippen LogP contribution is -2.19. The predicted molar refractivity (Wildman–Crippen MR) is 129 cm³/mol. The Morgan fingerprint density at radius 1 is 1.03 bits per heavy atom. The minimum absolute atomic E-state index is 0.0772. The van der Waals surface area contributed by atoms with Crippen molar-refractivity contribution in [3.05, 3.63) is 82.9 Å². The van der Waals surface area contributed by atoms with Gasteiger partial charge in [0.05, 0.1) is 11.0 Å². The van der Waals surface area contributed by atoms with Gasteiger partial charge in [-0.2, -0.15) is 0 Å². The average molecular weight is 432 g/mol. The van der Waals surface area contributed by atoms with Crippen molar-refractivity contribution in [1.29, 1.82) is 0 Å². The number of halogens is 1. The molecule has 4 nitrogen and oxygen atoms in total. The highest BCUT2D eigenvalue weighted by Crippen LogP contribution is 2.28. The Balaban J connectivity index is 1.68. The van der Waals surface area contributed by atoms with Crippen molar-refractivity contribution in [2.24, 2.45) is 0 Å². The number of nitrogens with zero attached hydrogens (tertiary/aromatic N) is 2. The molecular formula is C26H26ClN3O. The quantitative estimate of drug-likeness (QED) is 0.395. The monoisotopic (exact) mass is 431 g/mol. The van der Waals surface area contributed by atoms with Gasteiger partial charge in [0.25, 0.3) is 0 Å². The van der Waals surface area contributed by atoms with E-state index in [0.717, 1.165) is 28.0 Å². The van der Waals surface area contributed by atoms with Crippen molar-refractivity contribution in [2.45, 2.75) is 39.7 Å². The highest BCUT2D eigenvalue weighted by atomic mass is 35.5. The molecule has 0 saturated heterocycles. The van der Waals surface area contributed by atoms with Crippen molar-refractivity contribution in [2.75, 3.05) is 5.32 Å². The summed E-state index contributed by atoms with van der Waals surface area (Å²) >= 11 is 6.20. The normalized spacial score (nSPS) is 11.6. The number of amides is 1. The van der Waals surface area contributed by atoms with E-state index in [9.17, 15) is 4.79 Å².